The number of nitrogens with zero attached hydrogens (tertiary/aromatic N) is 1. The molecule has 0 aliphatic rings. The minimum absolute atomic E-state index is 0.0927. The standard InChI is InChI=1S/C17H15Cl2F3N2O4S/c1-2-24(10-15(25)23-16-11(18)6-5-7-12(16)19)29(26,27)14-9-4-3-8-13(14)28-17(20,21)22/h3-9H,2,10H2,1H3,(H,23,25). The van der Waals surface area contributed by atoms with E-state index in [4.69, 9.17) is 23.2 Å². The Kier molecular flexibility index (Phi) is 7.39. The summed E-state index contributed by atoms with van der Waals surface area (Å²) in [6, 6.07) is 8.78. The fraction of sp³-hybridized carbons (Fsp3) is 0.235. The van der Waals surface area contributed by atoms with Gasteiger partial charge in [0.05, 0.1) is 22.3 Å². The third-order valence-electron chi connectivity index (χ3n) is 3.59. The second-order valence-electron chi connectivity index (χ2n) is 5.57. The number of para-hydroxylation sites is 2. The van der Waals surface area contributed by atoms with Crippen LogP contribution in [0.1, 0.15) is 6.92 Å². The fourth-order valence-corrected chi connectivity index (χ4v) is 4.35. The molecule has 0 bridgehead atoms. The van der Waals surface area contributed by atoms with E-state index in [0.29, 0.717) is 4.31 Å². The maximum Gasteiger partial charge on any atom is 0.573 e. The third-order valence-corrected chi connectivity index (χ3v) is 6.18. The van der Waals surface area contributed by atoms with E-state index in [-0.39, 0.29) is 22.3 Å². The Bertz CT molecular complexity index is 980. The number of hydrogen-bond acceptors (Lipinski definition) is 4. The molecular weight excluding hydrogens is 456 g/mol. The first-order chi connectivity index (χ1) is 13.5. The van der Waals surface area contributed by atoms with Gasteiger partial charge in [-0.3, -0.25) is 4.79 Å². The zero-order valence-corrected chi connectivity index (χ0v) is 17.2. The van der Waals surface area contributed by atoms with Crippen LogP contribution < -0.4 is 10.1 Å². The molecule has 0 aliphatic heterocycles. The number of likely N-dealkylation sites (N-methyl/N-ethyl adjacent to an activating group) is 1. The van der Waals surface area contributed by atoms with Gasteiger partial charge in [-0.25, -0.2) is 8.42 Å². The molecule has 1 amide bonds. The molecule has 0 heterocycles. The Hall–Kier alpha value is -2.01. The Morgan fingerprint density at radius 1 is 1.10 bits per heavy atom. The summed E-state index contributed by atoms with van der Waals surface area (Å²) in [5.41, 5.74) is 0.0927. The summed E-state index contributed by atoms with van der Waals surface area (Å²) in [4.78, 5) is 11.6. The molecule has 2 rings (SSSR count). The van der Waals surface area contributed by atoms with Gasteiger partial charge in [0.1, 0.15) is 10.6 Å². The van der Waals surface area contributed by atoms with Crippen molar-refractivity contribution >= 4 is 44.8 Å². The predicted molar refractivity (Wildman–Crippen MR) is 103 cm³/mol. The van der Waals surface area contributed by atoms with E-state index in [9.17, 15) is 26.4 Å². The predicted octanol–water partition coefficient (Wildman–Crippen LogP) is 4.54. The van der Waals surface area contributed by atoms with Gasteiger partial charge >= 0.3 is 6.36 Å². The maximum atomic E-state index is 12.8. The molecule has 29 heavy (non-hydrogen) atoms. The fourth-order valence-electron chi connectivity index (χ4n) is 2.33. The van der Waals surface area contributed by atoms with Crippen molar-refractivity contribution < 1.29 is 31.1 Å². The van der Waals surface area contributed by atoms with Crippen molar-refractivity contribution in [3.63, 3.8) is 0 Å². The van der Waals surface area contributed by atoms with Gasteiger partial charge in [-0.2, -0.15) is 4.31 Å². The summed E-state index contributed by atoms with van der Waals surface area (Å²) in [7, 11) is -4.48. The van der Waals surface area contributed by atoms with E-state index in [0.717, 1.165) is 12.1 Å². The highest BCUT2D eigenvalue weighted by atomic mass is 35.5. The Morgan fingerprint density at radius 2 is 1.69 bits per heavy atom. The van der Waals surface area contributed by atoms with Gasteiger partial charge in [-0.05, 0) is 24.3 Å². The number of amides is 1. The second kappa shape index (κ2) is 9.21. The molecule has 0 aromatic heterocycles. The van der Waals surface area contributed by atoms with E-state index in [1.165, 1.54) is 31.2 Å². The SMILES string of the molecule is CCN(CC(=O)Nc1c(Cl)cccc1Cl)S(=O)(=O)c1ccccc1OC(F)(F)F. The molecule has 2 aromatic carbocycles. The number of alkyl halides is 3. The number of hydrogen-bond donors (Lipinski definition) is 1. The summed E-state index contributed by atoms with van der Waals surface area (Å²) >= 11 is 11.9. The second-order valence-corrected chi connectivity index (χ2v) is 8.29. The molecule has 0 spiro atoms. The van der Waals surface area contributed by atoms with Gasteiger partial charge in [-0.1, -0.05) is 48.3 Å². The summed E-state index contributed by atoms with van der Waals surface area (Å²) in [6.45, 7) is 0.563. The summed E-state index contributed by atoms with van der Waals surface area (Å²) in [5, 5.41) is 2.68. The number of ether oxygens (including phenoxy) is 1. The van der Waals surface area contributed by atoms with Gasteiger partial charge < -0.3 is 10.1 Å². The lowest BCUT2D eigenvalue weighted by Crippen LogP contribution is -2.38. The van der Waals surface area contributed by atoms with Crippen LogP contribution in [0.2, 0.25) is 10.0 Å². The lowest BCUT2D eigenvalue weighted by atomic mass is 10.3. The highest BCUT2D eigenvalue weighted by Gasteiger charge is 2.35. The average molecular weight is 471 g/mol. The molecule has 0 fully saturated rings. The van der Waals surface area contributed by atoms with Gasteiger partial charge in [0.2, 0.25) is 15.9 Å². The first kappa shape index (κ1) is 23.3. The number of benzene rings is 2. The third kappa shape index (κ3) is 5.99. The van der Waals surface area contributed by atoms with E-state index in [1.54, 1.807) is 6.07 Å². The van der Waals surface area contributed by atoms with Crippen molar-refractivity contribution in [1.82, 2.24) is 4.31 Å². The summed E-state index contributed by atoms with van der Waals surface area (Å²) in [5.74, 6) is -1.67. The number of halogens is 5. The minimum atomic E-state index is -5.08. The van der Waals surface area contributed by atoms with E-state index in [1.807, 2.05) is 0 Å². The van der Waals surface area contributed by atoms with Crippen molar-refractivity contribution in [1.29, 1.82) is 0 Å². The lowest BCUT2D eigenvalue weighted by Gasteiger charge is -2.22. The molecule has 0 unspecified atom stereocenters. The molecule has 0 atom stereocenters. The number of rotatable bonds is 7. The molecule has 158 valence electrons. The number of anilines is 1. The zero-order valence-electron chi connectivity index (χ0n) is 14.8. The van der Waals surface area contributed by atoms with Crippen LogP contribution in [0.15, 0.2) is 47.4 Å². The Balaban J connectivity index is 2.28. The molecule has 2 aromatic rings. The lowest BCUT2D eigenvalue weighted by molar-refractivity contribution is -0.275. The van der Waals surface area contributed by atoms with Gasteiger partial charge in [-0.15, -0.1) is 13.2 Å². The number of carbonyl (C=O) groups excluding carboxylic acids is 1. The van der Waals surface area contributed by atoms with Gasteiger partial charge in [0.25, 0.3) is 0 Å². The number of carbonyl (C=O) groups is 1. The minimum Gasteiger partial charge on any atom is -0.404 e. The first-order valence-electron chi connectivity index (χ1n) is 8.04. The van der Waals surface area contributed by atoms with Crippen LogP contribution >= 0.6 is 23.2 Å². The van der Waals surface area contributed by atoms with Crippen molar-refractivity contribution in [2.75, 3.05) is 18.4 Å². The smallest absolute Gasteiger partial charge is 0.404 e. The van der Waals surface area contributed by atoms with Crippen LogP contribution in [-0.2, 0) is 14.8 Å². The van der Waals surface area contributed by atoms with Crippen molar-refractivity contribution in [3.8, 4) is 5.75 Å². The molecule has 0 saturated heterocycles. The quantitative estimate of drug-likeness (QED) is 0.644. The largest absolute Gasteiger partial charge is 0.573 e. The monoisotopic (exact) mass is 470 g/mol. The van der Waals surface area contributed by atoms with Crippen molar-refractivity contribution in [2.24, 2.45) is 0 Å². The maximum absolute atomic E-state index is 12.8. The van der Waals surface area contributed by atoms with Crippen LogP contribution in [0, 0.1) is 0 Å². The zero-order chi connectivity index (χ0) is 21.8. The molecule has 1 N–H and O–H groups in total. The van der Waals surface area contributed by atoms with Crippen molar-refractivity contribution in [3.05, 3.63) is 52.5 Å². The van der Waals surface area contributed by atoms with Crippen LogP contribution in [0.25, 0.3) is 0 Å². The number of sulfonamides is 1. The molecule has 0 aliphatic carbocycles. The normalized spacial score (nSPS) is 12.1. The molecule has 6 nitrogen and oxygen atoms in total. The highest BCUT2D eigenvalue weighted by Crippen LogP contribution is 2.32. The molecule has 0 radical (unpaired) electrons. The number of nitrogens with one attached hydrogen (secondary N) is 1. The van der Waals surface area contributed by atoms with Crippen LogP contribution in [0.3, 0.4) is 0 Å². The van der Waals surface area contributed by atoms with Crippen LogP contribution in [-0.4, -0.2) is 38.1 Å². The molecular formula is C17H15Cl2F3N2O4S. The Labute approximate surface area is 175 Å². The topological polar surface area (TPSA) is 75.7 Å². The average Bonchev–Trinajstić information content (AvgIpc) is 2.61. The van der Waals surface area contributed by atoms with E-state index in [2.05, 4.69) is 10.1 Å². The molecule has 0 saturated carbocycles. The summed E-state index contributed by atoms with van der Waals surface area (Å²) in [6.07, 6.45) is -5.08. The van der Waals surface area contributed by atoms with Gasteiger partial charge in [0.15, 0.2) is 0 Å². The highest BCUT2D eigenvalue weighted by molar-refractivity contribution is 7.89. The Morgan fingerprint density at radius 3 is 2.24 bits per heavy atom. The van der Waals surface area contributed by atoms with Gasteiger partial charge in [0, 0.05) is 6.54 Å². The van der Waals surface area contributed by atoms with E-state index >= 15 is 0 Å². The summed E-state index contributed by atoms with van der Waals surface area (Å²) < 4.78 is 68.0. The van der Waals surface area contributed by atoms with Crippen molar-refractivity contribution in [2.45, 2.75) is 18.2 Å². The first-order valence-corrected chi connectivity index (χ1v) is 10.2. The van der Waals surface area contributed by atoms with Crippen LogP contribution in [0.5, 0.6) is 5.75 Å². The van der Waals surface area contributed by atoms with Crippen LogP contribution in [0.4, 0.5) is 18.9 Å². The molecule has 12 heteroatoms. The van der Waals surface area contributed by atoms with E-state index < -0.39 is 39.5 Å².